The molecule has 0 amide bonds. The fourth-order valence-corrected chi connectivity index (χ4v) is 2.99. The molecule has 2 atom stereocenters. The van der Waals surface area contributed by atoms with Gasteiger partial charge in [0.25, 0.3) is 0 Å². The van der Waals surface area contributed by atoms with E-state index in [2.05, 4.69) is 57.2 Å². The lowest BCUT2D eigenvalue weighted by atomic mass is 10.0. The highest BCUT2D eigenvalue weighted by Crippen LogP contribution is 2.26. The van der Waals surface area contributed by atoms with E-state index >= 15 is 0 Å². The first-order valence-electron chi connectivity index (χ1n) is 8.84. The van der Waals surface area contributed by atoms with E-state index in [0.717, 1.165) is 38.2 Å². The number of rotatable bonds is 7. The molecule has 8 heteroatoms. The summed E-state index contributed by atoms with van der Waals surface area (Å²) in [5, 5.41) is 16.0. The van der Waals surface area contributed by atoms with Crippen LogP contribution in [0.15, 0.2) is 31.1 Å². The molecule has 0 aliphatic carbocycles. The molecular formula is C17H27N7O. The maximum atomic E-state index is 5.87. The topological polar surface area (TPSA) is 82.7 Å². The molecule has 1 aliphatic heterocycles. The molecule has 1 N–H and O–H groups in total. The Bertz CT molecular complexity index is 671. The molecule has 2 aromatic rings. The molecule has 2 aromatic heterocycles. The lowest BCUT2D eigenvalue weighted by Gasteiger charge is -2.30. The Kier molecular flexibility index (Phi) is 5.47. The molecule has 0 fully saturated rings. The monoisotopic (exact) mass is 345 g/mol. The minimum absolute atomic E-state index is 0.0327. The van der Waals surface area contributed by atoms with Gasteiger partial charge >= 0.3 is 0 Å². The fourth-order valence-electron chi connectivity index (χ4n) is 2.99. The zero-order chi connectivity index (χ0) is 17.7. The number of hydrogen-bond donors (Lipinski definition) is 1. The molecule has 3 rings (SSSR count). The van der Waals surface area contributed by atoms with Crippen molar-refractivity contribution in [2.75, 3.05) is 6.54 Å². The van der Waals surface area contributed by atoms with Crippen LogP contribution in [0.25, 0.3) is 0 Å². The maximum absolute atomic E-state index is 5.87. The van der Waals surface area contributed by atoms with E-state index in [-0.39, 0.29) is 17.7 Å². The number of aryl methyl sites for hydroxylation is 1. The quantitative estimate of drug-likeness (QED) is 0.773. The third kappa shape index (κ3) is 4.45. The standard InChI is InChI=1S/C17H27N7O/c1-17(2,3)24-16(20-21-22-24)15(14-7-4-5-12-25-14)19-8-6-10-23-11-9-18-13-23/h5,9,11-15,19H,4,6-8,10H2,1-3H3/t14?,15-/m1/s1. The van der Waals surface area contributed by atoms with E-state index in [4.69, 9.17) is 4.74 Å². The number of nitrogens with one attached hydrogen (secondary N) is 1. The lowest BCUT2D eigenvalue weighted by Crippen LogP contribution is -2.39. The maximum Gasteiger partial charge on any atom is 0.172 e. The van der Waals surface area contributed by atoms with Crippen molar-refractivity contribution in [2.45, 2.75) is 64.3 Å². The third-order valence-electron chi connectivity index (χ3n) is 4.26. The van der Waals surface area contributed by atoms with Crippen molar-refractivity contribution < 1.29 is 4.74 Å². The molecule has 0 bridgehead atoms. The van der Waals surface area contributed by atoms with Gasteiger partial charge in [-0.2, -0.15) is 0 Å². The summed E-state index contributed by atoms with van der Waals surface area (Å²) in [7, 11) is 0. The van der Waals surface area contributed by atoms with Gasteiger partial charge in [0, 0.05) is 18.9 Å². The van der Waals surface area contributed by atoms with Crippen molar-refractivity contribution in [2.24, 2.45) is 0 Å². The number of nitrogens with zero attached hydrogens (tertiary/aromatic N) is 6. The van der Waals surface area contributed by atoms with Crippen molar-refractivity contribution in [3.8, 4) is 0 Å². The molecule has 25 heavy (non-hydrogen) atoms. The normalized spacial score (nSPS) is 18.9. The van der Waals surface area contributed by atoms with Crippen LogP contribution >= 0.6 is 0 Å². The predicted molar refractivity (Wildman–Crippen MR) is 93.6 cm³/mol. The largest absolute Gasteiger partial charge is 0.496 e. The van der Waals surface area contributed by atoms with Crippen LogP contribution in [0.5, 0.6) is 0 Å². The first kappa shape index (κ1) is 17.6. The average Bonchev–Trinajstić information content (AvgIpc) is 3.26. The first-order chi connectivity index (χ1) is 12.1. The molecule has 0 saturated heterocycles. The van der Waals surface area contributed by atoms with E-state index in [1.165, 1.54) is 0 Å². The van der Waals surface area contributed by atoms with Crippen molar-refractivity contribution in [3.63, 3.8) is 0 Å². The minimum Gasteiger partial charge on any atom is -0.496 e. The fraction of sp³-hybridized carbons (Fsp3) is 0.647. The van der Waals surface area contributed by atoms with Gasteiger partial charge in [-0.25, -0.2) is 9.67 Å². The Morgan fingerprint density at radius 2 is 2.28 bits per heavy atom. The Balaban J connectivity index is 1.69. The molecule has 0 radical (unpaired) electrons. The van der Waals surface area contributed by atoms with Crippen molar-refractivity contribution in [3.05, 3.63) is 36.9 Å². The smallest absolute Gasteiger partial charge is 0.172 e. The molecule has 0 saturated carbocycles. The Morgan fingerprint density at radius 3 is 2.96 bits per heavy atom. The first-order valence-corrected chi connectivity index (χ1v) is 8.84. The second-order valence-corrected chi connectivity index (χ2v) is 7.33. The van der Waals surface area contributed by atoms with Crippen molar-refractivity contribution >= 4 is 0 Å². The minimum atomic E-state index is -0.180. The number of hydrogen-bond acceptors (Lipinski definition) is 6. The number of ether oxygens (including phenoxy) is 1. The van der Waals surface area contributed by atoms with Crippen molar-refractivity contribution in [1.29, 1.82) is 0 Å². The molecule has 0 aromatic carbocycles. The van der Waals surface area contributed by atoms with Gasteiger partial charge in [-0.05, 0) is 63.1 Å². The number of tetrazole rings is 1. The van der Waals surface area contributed by atoms with Gasteiger partial charge in [-0.15, -0.1) is 5.10 Å². The van der Waals surface area contributed by atoms with Gasteiger partial charge in [0.1, 0.15) is 12.1 Å². The molecular weight excluding hydrogens is 318 g/mol. The van der Waals surface area contributed by atoms with E-state index in [1.54, 1.807) is 12.5 Å². The van der Waals surface area contributed by atoms with Crippen LogP contribution < -0.4 is 5.32 Å². The van der Waals surface area contributed by atoms with E-state index < -0.39 is 0 Å². The van der Waals surface area contributed by atoms with E-state index in [9.17, 15) is 0 Å². The average molecular weight is 345 g/mol. The van der Waals surface area contributed by atoms with Crippen LogP contribution in [-0.4, -0.2) is 42.4 Å². The van der Waals surface area contributed by atoms with Gasteiger partial charge in [-0.3, -0.25) is 0 Å². The highest BCUT2D eigenvalue weighted by molar-refractivity contribution is 5.02. The van der Waals surface area contributed by atoms with Gasteiger partial charge < -0.3 is 14.6 Å². The van der Waals surface area contributed by atoms with Crippen LogP contribution in [0, 0.1) is 0 Å². The van der Waals surface area contributed by atoms with Crippen LogP contribution in [0.3, 0.4) is 0 Å². The van der Waals surface area contributed by atoms with Gasteiger partial charge in [0.2, 0.25) is 0 Å². The highest BCUT2D eigenvalue weighted by Gasteiger charge is 2.32. The zero-order valence-corrected chi connectivity index (χ0v) is 15.2. The van der Waals surface area contributed by atoms with Crippen LogP contribution in [-0.2, 0) is 16.8 Å². The molecule has 136 valence electrons. The highest BCUT2D eigenvalue weighted by atomic mass is 16.5. The summed E-state index contributed by atoms with van der Waals surface area (Å²) in [5.41, 5.74) is -0.180. The summed E-state index contributed by atoms with van der Waals surface area (Å²) in [6.45, 7) is 8.08. The van der Waals surface area contributed by atoms with Gasteiger partial charge in [0.05, 0.1) is 18.1 Å². The molecule has 1 unspecified atom stereocenters. The van der Waals surface area contributed by atoms with E-state index in [1.807, 2.05) is 17.2 Å². The second kappa shape index (κ2) is 7.77. The Hall–Kier alpha value is -2.22. The molecule has 8 nitrogen and oxygen atoms in total. The summed E-state index contributed by atoms with van der Waals surface area (Å²) in [5.74, 6) is 0.829. The number of imidazole rings is 1. The van der Waals surface area contributed by atoms with Crippen LogP contribution in [0.2, 0.25) is 0 Å². The summed E-state index contributed by atoms with van der Waals surface area (Å²) in [6, 6.07) is -0.0398. The summed E-state index contributed by atoms with van der Waals surface area (Å²) >= 11 is 0. The van der Waals surface area contributed by atoms with Crippen LogP contribution in [0.1, 0.15) is 51.9 Å². The van der Waals surface area contributed by atoms with Crippen molar-refractivity contribution in [1.82, 2.24) is 35.1 Å². The predicted octanol–water partition coefficient (Wildman–Crippen LogP) is 2.04. The summed E-state index contributed by atoms with van der Waals surface area (Å²) < 4.78 is 9.84. The summed E-state index contributed by atoms with van der Waals surface area (Å²) in [4.78, 5) is 4.07. The van der Waals surface area contributed by atoms with E-state index in [0.29, 0.717) is 0 Å². The Morgan fingerprint density at radius 1 is 1.40 bits per heavy atom. The number of allylic oxidation sites excluding steroid dienone is 1. The Labute approximate surface area is 148 Å². The van der Waals surface area contributed by atoms with Gasteiger partial charge in [0.15, 0.2) is 5.82 Å². The zero-order valence-electron chi connectivity index (χ0n) is 15.2. The molecule has 1 aliphatic rings. The molecule has 0 spiro atoms. The van der Waals surface area contributed by atoms with Gasteiger partial charge in [-0.1, -0.05) is 0 Å². The third-order valence-corrected chi connectivity index (χ3v) is 4.26. The number of aromatic nitrogens is 6. The molecule has 3 heterocycles. The SMILES string of the molecule is CC(C)(C)n1nnnc1[C@H](NCCCn1ccnc1)C1CCC=CO1. The lowest BCUT2D eigenvalue weighted by molar-refractivity contribution is 0.0782. The second-order valence-electron chi connectivity index (χ2n) is 7.33. The summed E-state index contributed by atoms with van der Waals surface area (Å²) in [6.07, 6.45) is 12.5. The van der Waals surface area contributed by atoms with Crippen LogP contribution in [0.4, 0.5) is 0 Å².